The smallest absolute Gasteiger partial charge is 0.283 e. The fourth-order valence-electron chi connectivity index (χ4n) is 2.54. The molecule has 2 aromatic carbocycles. The lowest BCUT2D eigenvalue weighted by Gasteiger charge is -2.08. The summed E-state index contributed by atoms with van der Waals surface area (Å²) < 4.78 is 12.8. The van der Waals surface area contributed by atoms with Gasteiger partial charge in [-0.2, -0.15) is 4.52 Å². The third kappa shape index (κ3) is 2.89. The number of ether oxygens (including phenoxy) is 2. The summed E-state index contributed by atoms with van der Waals surface area (Å²) in [6, 6.07) is 11.0. The van der Waals surface area contributed by atoms with E-state index < -0.39 is 0 Å². The minimum absolute atomic E-state index is 0.258. The highest BCUT2D eigenvalue weighted by Gasteiger charge is 2.14. The summed E-state index contributed by atoms with van der Waals surface area (Å²) in [5, 5.41) is 8.52. The van der Waals surface area contributed by atoms with Crippen LogP contribution in [-0.2, 0) is 0 Å². The number of aromatic nitrogens is 3. The molecule has 0 saturated heterocycles. The van der Waals surface area contributed by atoms with Gasteiger partial charge in [0.15, 0.2) is 11.5 Å². The number of anilines is 2. The first kappa shape index (κ1) is 16.8. The zero-order chi connectivity index (χ0) is 18.3. The molecule has 2 aromatic heterocycles. The number of hydrogen-bond acceptors (Lipinski definition) is 7. The van der Waals surface area contributed by atoms with E-state index in [1.807, 2.05) is 24.3 Å². The van der Waals surface area contributed by atoms with Crippen molar-refractivity contribution in [3.8, 4) is 11.5 Å². The van der Waals surface area contributed by atoms with Crippen LogP contribution in [0.15, 0.2) is 45.7 Å². The van der Waals surface area contributed by atoms with Crippen molar-refractivity contribution in [3.63, 3.8) is 0 Å². The van der Waals surface area contributed by atoms with E-state index >= 15 is 0 Å². The molecule has 0 unspecified atom stereocenters. The molecular weight excluding hydrogens is 420 g/mol. The first-order valence-electron chi connectivity index (χ1n) is 7.57. The summed E-state index contributed by atoms with van der Waals surface area (Å²) in [7, 11) is 3.07. The highest BCUT2D eigenvalue weighted by molar-refractivity contribution is 9.10. The van der Waals surface area contributed by atoms with Gasteiger partial charge >= 0.3 is 0 Å². The van der Waals surface area contributed by atoms with Gasteiger partial charge in [0, 0.05) is 16.2 Å². The summed E-state index contributed by atoms with van der Waals surface area (Å²) in [6.07, 6.45) is 0. The van der Waals surface area contributed by atoms with Gasteiger partial charge in [-0.3, -0.25) is 4.79 Å². The van der Waals surface area contributed by atoms with Crippen molar-refractivity contribution in [1.82, 2.24) is 14.6 Å². The van der Waals surface area contributed by atoms with Crippen LogP contribution >= 0.6 is 27.3 Å². The molecule has 0 saturated carbocycles. The Morgan fingerprint density at radius 2 is 1.81 bits per heavy atom. The number of benzene rings is 2. The van der Waals surface area contributed by atoms with Crippen molar-refractivity contribution >= 4 is 53.9 Å². The molecule has 0 amide bonds. The summed E-state index contributed by atoms with van der Waals surface area (Å²) >= 11 is 4.69. The van der Waals surface area contributed by atoms with Crippen molar-refractivity contribution in [2.24, 2.45) is 0 Å². The molecule has 0 bridgehead atoms. The number of nitrogens with zero attached hydrogens (tertiary/aromatic N) is 3. The molecule has 0 fully saturated rings. The Morgan fingerprint density at radius 1 is 1.12 bits per heavy atom. The standard InChI is InChI=1S/C17H13BrN4O3S/c1-24-13-7-11-12(8-14(13)25-2)20-17-22(15(11)23)21-16(26-17)19-10-5-3-9(18)4-6-10/h3-8H,1-2H3,(H,19,21). The SMILES string of the molecule is COc1cc2nc3sc(Nc4ccc(Br)cc4)nn3c(=O)c2cc1OC. The maximum atomic E-state index is 12.8. The molecular formula is C17H13BrN4O3S. The van der Waals surface area contributed by atoms with Crippen LogP contribution in [0.2, 0.25) is 0 Å². The summed E-state index contributed by atoms with van der Waals surface area (Å²) in [5.74, 6) is 0.997. The van der Waals surface area contributed by atoms with Crippen LogP contribution in [0.3, 0.4) is 0 Å². The Bertz CT molecular complexity index is 1170. The molecule has 26 heavy (non-hydrogen) atoms. The minimum Gasteiger partial charge on any atom is -0.493 e. The van der Waals surface area contributed by atoms with E-state index in [1.165, 1.54) is 23.0 Å². The topological polar surface area (TPSA) is 77.8 Å². The van der Waals surface area contributed by atoms with E-state index in [9.17, 15) is 4.79 Å². The van der Waals surface area contributed by atoms with E-state index in [0.29, 0.717) is 32.5 Å². The second-order valence-corrected chi connectivity index (χ2v) is 7.25. The van der Waals surface area contributed by atoms with Crippen LogP contribution in [-0.4, -0.2) is 28.8 Å². The van der Waals surface area contributed by atoms with Gasteiger partial charge < -0.3 is 14.8 Å². The van der Waals surface area contributed by atoms with Gasteiger partial charge in [-0.05, 0) is 30.3 Å². The molecule has 0 aliphatic carbocycles. The van der Waals surface area contributed by atoms with E-state index in [0.717, 1.165) is 10.2 Å². The Morgan fingerprint density at radius 3 is 2.50 bits per heavy atom. The molecule has 4 rings (SSSR count). The molecule has 1 N–H and O–H groups in total. The maximum absolute atomic E-state index is 12.8. The van der Waals surface area contributed by atoms with Crippen LogP contribution in [0.25, 0.3) is 15.9 Å². The zero-order valence-corrected chi connectivity index (χ0v) is 16.2. The fraction of sp³-hybridized carbons (Fsp3) is 0.118. The average molecular weight is 433 g/mol. The van der Waals surface area contributed by atoms with Crippen molar-refractivity contribution in [3.05, 3.63) is 51.2 Å². The first-order valence-corrected chi connectivity index (χ1v) is 9.18. The molecule has 0 atom stereocenters. The molecule has 4 aromatic rings. The van der Waals surface area contributed by atoms with Gasteiger partial charge in [0.2, 0.25) is 10.1 Å². The molecule has 132 valence electrons. The van der Waals surface area contributed by atoms with Crippen molar-refractivity contribution < 1.29 is 9.47 Å². The molecule has 2 heterocycles. The average Bonchev–Trinajstić information content (AvgIpc) is 3.05. The number of hydrogen-bond donors (Lipinski definition) is 1. The van der Waals surface area contributed by atoms with Crippen molar-refractivity contribution in [2.75, 3.05) is 19.5 Å². The van der Waals surface area contributed by atoms with Gasteiger partial charge in [-0.25, -0.2) is 4.98 Å². The van der Waals surface area contributed by atoms with Gasteiger partial charge in [0.1, 0.15) is 0 Å². The van der Waals surface area contributed by atoms with E-state index in [1.54, 1.807) is 19.2 Å². The molecule has 0 spiro atoms. The molecule has 9 heteroatoms. The Kier molecular flexibility index (Phi) is 4.25. The third-order valence-corrected chi connectivity index (χ3v) is 5.15. The summed E-state index contributed by atoms with van der Waals surface area (Å²) in [5.41, 5.74) is 1.14. The van der Waals surface area contributed by atoms with Gasteiger partial charge in [0.05, 0.1) is 25.1 Å². The lowest BCUT2D eigenvalue weighted by molar-refractivity contribution is 0.355. The van der Waals surface area contributed by atoms with Crippen LogP contribution < -0.4 is 20.3 Å². The second kappa shape index (κ2) is 6.58. The molecule has 0 aliphatic rings. The van der Waals surface area contributed by atoms with Crippen molar-refractivity contribution in [1.29, 1.82) is 0 Å². The van der Waals surface area contributed by atoms with Gasteiger partial charge in [-0.15, -0.1) is 5.10 Å². The first-order chi connectivity index (χ1) is 12.6. The predicted molar refractivity (Wildman–Crippen MR) is 105 cm³/mol. The zero-order valence-electron chi connectivity index (χ0n) is 13.8. The lowest BCUT2D eigenvalue weighted by Crippen LogP contribution is -2.15. The van der Waals surface area contributed by atoms with Crippen molar-refractivity contribution in [2.45, 2.75) is 0 Å². The lowest BCUT2D eigenvalue weighted by atomic mass is 10.2. The third-order valence-electron chi connectivity index (χ3n) is 3.80. The minimum atomic E-state index is -0.258. The number of methoxy groups -OCH3 is 2. The maximum Gasteiger partial charge on any atom is 0.283 e. The monoisotopic (exact) mass is 432 g/mol. The predicted octanol–water partition coefficient (Wildman–Crippen LogP) is 3.83. The summed E-state index contributed by atoms with van der Waals surface area (Å²) in [4.78, 5) is 17.8. The fourth-order valence-corrected chi connectivity index (χ4v) is 3.63. The largest absolute Gasteiger partial charge is 0.493 e. The van der Waals surface area contributed by atoms with E-state index in [-0.39, 0.29) is 5.56 Å². The highest BCUT2D eigenvalue weighted by Crippen LogP contribution is 2.31. The number of rotatable bonds is 4. The number of nitrogens with one attached hydrogen (secondary N) is 1. The van der Waals surface area contributed by atoms with E-state index in [2.05, 4.69) is 31.3 Å². The molecule has 7 nitrogen and oxygen atoms in total. The Labute approximate surface area is 160 Å². The Hall–Kier alpha value is -2.65. The quantitative estimate of drug-likeness (QED) is 0.527. The molecule has 0 aliphatic heterocycles. The normalized spacial score (nSPS) is 11.0. The molecule has 0 radical (unpaired) electrons. The number of halogens is 1. The Balaban J connectivity index is 1.84. The highest BCUT2D eigenvalue weighted by atomic mass is 79.9. The summed E-state index contributed by atoms with van der Waals surface area (Å²) in [6.45, 7) is 0. The second-order valence-electron chi connectivity index (χ2n) is 5.37. The van der Waals surface area contributed by atoms with Crippen LogP contribution in [0, 0.1) is 0 Å². The van der Waals surface area contributed by atoms with Crippen LogP contribution in [0.1, 0.15) is 0 Å². The van der Waals surface area contributed by atoms with Crippen LogP contribution in [0.5, 0.6) is 11.5 Å². The number of fused-ring (bicyclic) bond motifs is 2. The van der Waals surface area contributed by atoms with E-state index in [4.69, 9.17) is 9.47 Å². The van der Waals surface area contributed by atoms with Crippen LogP contribution in [0.4, 0.5) is 10.8 Å². The van der Waals surface area contributed by atoms with Gasteiger partial charge in [-0.1, -0.05) is 27.3 Å². The van der Waals surface area contributed by atoms with Gasteiger partial charge in [0.25, 0.3) is 5.56 Å².